The van der Waals surface area contributed by atoms with Gasteiger partial charge >= 0.3 is 5.97 Å². The standard InChI is InChI=1S/C16H22N2O4S/c1-11(2)18(13-7-5-4-6-8-13)14(20)9-16(10-23,15(21)22)17-12(3)19/h4-8,11,23H,9-10H2,1-3H3,(H,17,19)(H,21,22)/t16-/m0/s1. The van der Waals surface area contributed by atoms with Gasteiger partial charge in [0.1, 0.15) is 0 Å². The van der Waals surface area contributed by atoms with Crippen molar-refractivity contribution < 1.29 is 19.5 Å². The van der Waals surface area contributed by atoms with Crippen LogP contribution >= 0.6 is 12.6 Å². The third-order valence-corrected chi connectivity index (χ3v) is 3.91. The number of carbonyl (C=O) groups excluding carboxylic acids is 2. The molecule has 0 saturated heterocycles. The molecule has 0 heterocycles. The smallest absolute Gasteiger partial charge is 0.330 e. The topological polar surface area (TPSA) is 86.7 Å². The van der Waals surface area contributed by atoms with Crippen LogP contribution in [-0.2, 0) is 14.4 Å². The molecule has 126 valence electrons. The molecule has 0 fully saturated rings. The monoisotopic (exact) mass is 338 g/mol. The van der Waals surface area contributed by atoms with Crippen molar-refractivity contribution in [2.45, 2.75) is 38.8 Å². The average molecular weight is 338 g/mol. The van der Waals surface area contributed by atoms with Crippen LogP contribution in [0, 0.1) is 0 Å². The van der Waals surface area contributed by atoms with E-state index >= 15 is 0 Å². The number of amides is 2. The minimum atomic E-state index is -1.73. The second-order valence-corrected chi connectivity index (χ2v) is 5.91. The zero-order chi connectivity index (χ0) is 17.6. The summed E-state index contributed by atoms with van der Waals surface area (Å²) >= 11 is 4.03. The number of para-hydroxylation sites is 1. The van der Waals surface area contributed by atoms with Crippen LogP contribution in [0.2, 0.25) is 0 Å². The Balaban J connectivity index is 3.13. The highest BCUT2D eigenvalue weighted by molar-refractivity contribution is 7.80. The van der Waals surface area contributed by atoms with Gasteiger partial charge in [-0.25, -0.2) is 4.79 Å². The van der Waals surface area contributed by atoms with E-state index in [1.165, 1.54) is 11.8 Å². The quantitative estimate of drug-likeness (QED) is 0.661. The Kier molecular flexibility index (Phi) is 6.62. The maximum Gasteiger partial charge on any atom is 0.330 e. The highest BCUT2D eigenvalue weighted by Gasteiger charge is 2.42. The van der Waals surface area contributed by atoms with Gasteiger partial charge in [0.05, 0.1) is 6.42 Å². The number of nitrogens with zero attached hydrogens (tertiary/aromatic N) is 1. The number of aliphatic carboxylic acids is 1. The molecule has 0 spiro atoms. The molecule has 6 nitrogen and oxygen atoms in total. The summed E-state index contributed by atoms with van der Waals surface area (Å²) in [7, 11) is 0. The number of hydrogen-bond donors (Lipinski definition) is 3. The molecular weight excluding hydrogens is 316 g/mol. The van der Waals surface area contributed by atoms with Crippen molar-refractivity contribution in [3.05, 3.63) is 30.3 Å². The van der Waals surface area contributed by atoms with Gasteiger partial charge in [-0.15, -0.1) is 0 Å². The largest absolute Gasteiger partial charge is 0.479 e. The van der Waals surface area contributed by atoms with Crippen molar-refractivity contribution in [2.24, 2.45) is 0 Å². The molecule has 0 aromatic heterocycles. The lowest BCUT2D eigenvalue weighted by molar-refractivity contribution is -0.148. The van der Waals surface area contributed by atoms with Gasteiger partial charge in [0, 0.05) is 24.4 Å². The summed E-state index contributed by atoms with van der Waals surface area (Å²) in [6.45, 7) is 4.89. The second kappa shape index (κ2) is 8.01. The molecule has 1 atom stereocenters. The van der Waals surface area contributed by atoms with Gasteiger partial charge in [0.25, 0.3) is 0 Å². The van der Waals surface area contributed by atoms with E-state index in [0.29, 0.717) is 5.69 Å². The summed E-state index contributed by atoms with van der Waals surface area (Å²) in [6.07, 6.45) is -0.377. The van der Waals surface area contributed by atoms with Crippen LogP contribution < -0.4 is 10.2 Å². The lowest BCUT2D eigenvalue weighted by Crippen LogP contribution is -2.58. The van der Waals surface area contributed by atoms with Gasteiger partial charge in [0.2, 0.25) is 11.8 Å². The van der Waals surface area contributed by atoms with Crippen LogP contribution in [0.3, 0.4) is 0 Å². The predicted molar refractivity (Wildman–Crippen MR) is 91.7 cm³/mol. The molecule has 0 aliphatic rings. The number of anilines is 1. The maximum absolute atomic E-state index is 12.7. The fourth-order valence-corrected chi connectivity index (χ4v) is 2.66. The van der Waals surface area contributed by atoms with Crippen LogP contribution in [-0.4, -0.2) is 40.2 Å². The first-order valence-corrected chi connectivity index (χ1v) is 7.87. The van der Waals surface area contributed by atoms with E-state index < -0.39 is 23.3 Å². The fourth-order valence-electron chi connectivity index (χ4n) is 2.34. The van der Waals surface area contributed by atoms with Gasteiger partial charge in [0.15, 0.2) is 5.54 Å². The molecule has 1 aromatic carbocycles. The number of rotatable bonds is 7. The molecule has 0 aliphatic heterocycles. The highest BCUT2D eigenvalue weighted by atomic mass is 32.1. The number of carbonyl (C=O) groups is 3. The molecular formula is C16H22N2O4S. The Morgan fingerprint density at radius 1 is 1.26 bits per heavy atom. The van der Waals surface area contributed by atoms with Crippen LogP contribution in [0.25, 0.3) is 0 Å². The van der Waals surface area contributed by atoms with Gasteiger partial charge < -0.3 is 15.3 Å². The summed E-state index contributed by atoms with van der Waals surface area (Å²) in [6, 6.07) is 8.83. The third kappa shape index (κ3) is 4.72. The van der Waals surface area contributed by atoms with Crippen molar-refractivity contribution in [2.75, 3.05) is 10.7 Å². The fraction of sp³-hybridized carbons (Fsp3) is 0.438. The minimum Gasteiger partial charge on any atom is -0.479 e. The number of nitrogens with one attached hydrogen (secondary N) is 1. The zero-order valence-corrected chi connectivity index (χ0v) is 14.3. The van der Waals surface area contributed by atoms with Gasteiger partial charge in [-0.3, -0.25) is 9.59 Å². The Morgan fingerprint density at radius 2 is 1.83 bits per heavy atom. The Hall–Kier alpha value is -2.02. The van der Waals surface area contributed by atoms with E-state index in [1.54, 1.807) is 24.3 Å². The molecule has 0 aliphatic carbocycles. The predicted octanol–water partition coefficient (Wildman–Crippen LogP) is 1.71. The molecule has 2 N–H and O–H groups in total. The number of benzene rings is 1. The SMILES string of the molecule is CC(=O)N[C@](CS)(CC(=O)N(c1ccccc1)C(C)C)C(=O)O. The molecule has 2 amide bonds. The Labute approximate surface area is 141 Å². The molecule has 1 aromatic rings. The maximum atomic E-state index is 12.7. The van der Waals surface area contributed by atoms with Crippen LogP contribution in [0.4, 0.5) is 5.69 Å². The van der Waals surface area contributed by atoms with E-state index in [1.807, 2.05) is 19.9 Å². The summed E-state index contributed by atoms with van der Waals surface area (Å²) < 4.78 is 0. The first-order valence-electron chi connectivity index (χ1n) is 7.23. The average Bonchev–Trinajstić information content (AvgIpc) is 2.46. The first-order chi connectivity index (χ1) is 10.7. The number of carboxylic acids is 1. The van der Waals surface area contributed by atoms with Crippen molar-refractivity contribution in [3.63, 3.8) is 0 Å². The zero-order valence-electron chi connectivity index (χ0n) is 13.4. The van der Waals surface area contributed by atoms with Crippen molar-refractivity contribution >= 4 is 36.1 Å². The normalized spacial score (nSPS) is 13.3. The van der Waals surface area contributed by atoms with Gasteiger partial charge in [-0.1, -0.05) is 18.2 Å². The lowest BCUT2D eigenvalue weighted by Gasteiger charge is -2.33. The molecule has 0 saturated carbocycles. The minimum absolute atomic E-state index is 0.159. The van der Waals surface area contributed by atoms with E-state index in [-0.39, 0.29) is 18.2 Å². The molecule has 0 unspecified atom stereocenters. The first kappa shape index (κ1) is 19.0. The lowest BCUT2D eigenvalue weighted by atomic mass is 9.96. The van der Waals surface area contributed by atoms with Crippen molar-refractivity contribution in [1.82, 2.24) is 5.32 Å². The van der Waals surface area contributed by atoms with E-state index in [4.69, 9.17) is 0 Å². The number of thiol groups is 1. The number of hydrogen-bond acceptors (Lipinski definition) is 4. The van der Waals surface area contributed by atoms with Crippen LogP contribution in [0.1, 0.15) is 27.2 Å². The summed E-state index contributed by atoms with van der Waals surface area (Å²) in [5.41, 5.74) is -1.05. The van der Waals surface area contributed by atoms with E-state index in [2.05, 4.69) is 17.9 Å². The van der Waals surface area contributed by atoms with E-state index in [9.17, 15) is 19.5 Å². The van der Waals surface area contributed by atoms with Crippen molar-refractivity contribution in [3.8, 4) is 0 Å². The van der Waals surface area contributed by atoms with Crippen LogP contribution in [0.15, 0.2) is 30.3 Å². The van der Waals surface area contributed by atoms with Crippen LogP contribution in [0.5, 0.6) is 0 Å². The highest BCUT2D eigenvalue weighted by Crippen LogP contribution is 2.22. The van der Waals surface area contributed by atoms with Gasteiger partial charge in [-0.2, -0.15) is 12.6 Å². The Morgan fingerprint density at radius 3 is 2.22 bits per heavy atom. The molecule has 7 heteroatoms. The third-order valence-electron chi connectivity index (χ3n) is 3.37. The summed E-state index contributed by atoms with van der Waals surface area (Å²) in [5, 5.41) is 11.8. The Bertz CT molecular complexity index is 577. The van der Waals surface area contributed by atoms with Crippen molar-refractivity contribution in [1.29, 1.82) is 0 Å². The van der Waals surface area contributed by atoms with Gasteiger partial charge in [-0.05, 0) is 26.0 Å². The molecule has 0 bridgehead atoms. The molecule has 23 heavy (non-hydrogen) atoms. The van der Waals surface area contributed by atoms with E-state index in [0.717, 1.165) is 0 Å². The molecule has 1 rings (SSSR count). The number of carboxylic acid groups (broad SMARTS) is 1. The summed E-state index contributed by atoms with van der Waals surface area (Å²) in [5.74, 6) is -2.39. The second-order valence-electron chi connectivity index (χ2n) is 5.60. The molecule has 0 radical (unpaired) electrons. The summed E-state index contributed by atoms with van der Waals surface area (Å²) in [4.78, 5) is 37.2.